The molecule has 3 heteroatoms. The second-order valence-electron chi connectivity index (χ2n) is 8.04. The standard InChI is InChI=1S/C20H31NO2/c1-14(2)20(3,4)12-16-7-5-6-15(10-16)11-18(19(22)23)17-8-9-21-13-17/h5-7,10,14,17-18,21H,8-9,11-13H2,1-4H3,(H,22,23). The van der Waals surface area contributed by atoms with E-state index in [4.69, 9.17) is 0 Å². The minimum absolute atomic E-state index is 0.250. The van der Waals surface area contributed by atoms with Crippen LogP contribution in [0.5, 0.6) is 0 Å². The highest BCUT2D eigenvalue weighted by Crippen LogP contribution is 2.31. The molecule has 1 saturated heterocycles. The molecule has 0 aliphatic carbocycles. The molecule has 0 amide bonds. The molecular weight excluding hydrogens is 286 g/mol. The van der Waals surface area contributed by atoms with Crippen LogP contribution in [0.15, 0.2) is 24.3 Å². The zero-order valence-electron chi connectivity index (χ0n) is 14.9. The molecule has 0 bridgehead atoms. The predicted octanol–water partition coefficient (Wildman–Crippen LogP) is 3.76. The summed E-state index contributed by atoms with van der Waals surface area (Å²) in [6.45, 7) is 10.9. The second-order valence-corrected chi connectivity index (χ2v) is 8.04. The first-order valence-corrected chi connectivity index (χ1v) is 8.81. The van der Waals surface area contributed by atoms with Gasteiger partial charge >= 0.3 is 5.97 Å². The second kappa shape index (κ2) is 7.48. The first-order chi connectivity index (χ1) is 10.8. The lowest BCUT2D eigenvalue weighted by Crippen LogP contribution is -2.27. The zero-order chi connectivity index (χ0) is 17.0. The third kappa shape index (κ3) is 4.81. The molecule has 0 spiro atoms. The molecule has 1 aromatic carbocycles. The minimum Gasteiger partial charge on any atom is -0.481 e. The van der Waals surface area contributed by atoms with Gasteiger partial charge in [0.25, 0.3) is 0 Å². The lowest BCUT2D eigenvalue weighted by molar-refractivity contribution is -0.143. The van der Waals surface area contributed by atoms with E-state index in [0.29, 0.717) is 12.3 Å². The lowest BCUT2D eigenvalue weighted by Gasteiger charge is -2.29. The SMILES string of the molecule is CC(C)C(C)(C)Cc1cccc(CC(C(=O)O)C2CCNC2)c1. The van der Waals surface area contributed by atoms with Crippen LogP contribution >= 0.6 is 0 Å². The molecule has 1 aliphatic rings. The molecule has 23 heavy (non-hydrogen) atoms. The Bertz CT molecular complexity index is 530. The molecule has 1 aromatic rings. The van der Waals surface area contributed by atoms with E-state index >= 15 is 0 Å². The molecule has 2 atom stereocenters. The number of hydrogen-bond donors (Lipinski definition) is 2. The molecule has 1 fully saturated rings. The molecule has 128 valence electrons. The van der Waals surface area contributed by atoms with E-state index in [-0.39, 0.29) is 17.3 Å². The average molecular weight is 317 g/mol. The normalized spacial score (nSPS) is 20.0. The van der Waals surface area contributed by atoms with Gasteiger partial charge in [-0.25, -0.2) is 0 Å². The van der Waals surface area contributed by atoms with Crippen LogP contribution in [0, 0.1) is 23.2 Å². The number of hydrogen-bond acceptors (Lipinski definition) is 2. The van der Waals surface area contributed by atoms with Crippen molar-refractivity contribution in [2.24, 2.45) is 23.2 Å². The molecule has 0 radical (unpaired) electrons. The number of benzene rings is 1. The highest BCUT2D eigenvalue weighted by atomic mass is 16.4. The van der Waals surface area contributed by atoms with E-state index in [1.54, 1.807) is 0 Å². The molecule has 3 nitrogen and oxygen atoms in total. The predicted molar refractivity (Wildman–Crippen MR) is 94.6 cm³/mol. The summed E-state index contributed by atoms with van der Waals surface area (Å²) < 4.78 is 0. The van der Waals surface area contributed by atoms with Gasteiger partial charge in [-0.15, -0.1) is 0 Å². The molecule has 2 unspecified atom stereocenters. The number of rotatable bonds is 7. The smallest absolute Gasteiger partial charge is 0.307 e. The maximum absolute atomic E-state index is 11.7. The van der Waals surface area contributed by atoms with Crippen LogP contribution in [-0.4, -0.2) is 24.2 Å². The molecule has 1 heterocycles. The van der Waals surface area contributed by atoms with Gasteiger partial charge in [-0.3, -0.25) is 4.79 Å². The summed E-state index contributed by atoms with van der Waals surface area (Å²) in [6, 6.07) is 8.53. The van der Waals surface area contributed by atoms with E-state index in [9.17, 15) is 9.90 Å². The van der Waals surface area contributed by atoms with Crippen molar-refractivity contribution in [3.8, 4) is 0 Å². The van der Waals surface area contributed by atoms with Crippen LogP contribution in [0.3, 0.4) is 0 Å². The summed E-state index contributed by atoms with van der Waals surface area (Å²) in [4.78, 5) is 11.7. The van der Waals surface area contributed by atoms with Gasteiger partial charge in [0.1, 0.15) is 0 Å². The maximum Gasteiger partial charge on any atom is 0.307 e. The maximum atomic E-state index is 11.7. The van der Waals surface area contributed by atoms with E-state index < -0.39 is 5.97 Å². The monoisotopic (exact) mass is 317 g/mol. The molecular formula is C20H31NO2. The number of carboxylic acids is 1. The lowest BCUT2D eigenvalue weighted by atomic mass is 9.76. The fraction of sp³-hybridized carbons (Fsp3) is 0.650. The van der Waals surface area contributed by atoms with Crippen LogP contribution in [0.4, 0.5) is 0 Å². The first-order valence-electron chi connectivity index (χ1n) is 8.81. The van der Waals surface area contributed by atoms with Gasteiger partial charge in [-0.2, -0.15) is 0 Å². The van der Waals surface area contributed by atoms with Crippen LogP contribution < -0.4 is 5.32 Å². The Kier molecular flexibility index (Phi) is 5.85. The van der Waals surface area contributed by atoms with Gasteiger partial charge in [0.15, 0.2) is 0 Å². The van der Waals surface area contributed by atoms with Crippen molar-refractivity contribution in [3.63, 3.8) is 0 Å². The Labute approximate surface area is 140 Å². The average Bonchev–Trinajstić information content (AvgIpc) is 2.98. The Hall–Kier alpha value is -1.35. The van der Waals surface area contributed by atoms with Crippen molar-refractivity contribution in [2.75, 3.05) is 13.1 Å². The largest absolute Gasteiger partial charge is 0.481 e. The summed E-state index contributed by atoms with van der Waals surface area (Å²) in [5, 5.41) is 12.9. The molecule has 1 aliphatic heterocycles. The molecule has 2 N–H and O–H groups in total. The van der Waals surface area contributed by atoms with Crippen LogP contribution in [0.1, 0.15) is 45.2 Å². The number of carboxylic acid groups (broad SMARTS) is 1. The fourth-order valence-corrected chi connectivity index (χ4v) is 3.33. The summed E-state index contributed by atoms with van der Waals surface area (Å²) >= 11 is 0. The zero-order valence-corrected chi connectivity index (χ0v) is 14.9. The summed E-state index contributed by atoms with van der Waals surface area (Å²) in [7, 11) is 0. The number of carbonyl (C=O) groups is 1. The summed E-state index contributed by atoms with van der Waals surface area (Å²) in [5.74, 6) is -0.0734. The van der Waals surface area contributed by atoms with Crippen LogP contribution in [0.2, 0.25) is 0 Å². The Morgan fingerprint density at radius 1 is 1.35 bits per heavy atom. The van der Waals surface area contributed by atoms with Gasteiger partial charge in [-0.05, 0) is 60.7 Å². The Balaban J connectivity index is 2.10. The van der Waals surface area contributed by atoms with E-state index in [2.05, 4.69) is 57.3 Å². The van der Waals surface area contributed by atoms with Crippen molar-refractivity contribution in [2.45, 2.75) is 47.0 Å². The van der Waals surface area contributed by atoms with Crippen molar-refractivity contribution in [3.05, 3.63) is 35.4 Å². The van der Waals surface area contributed by atoms with Gasteiger partial charge in [0.05, 0.1) is 5.92 Å². The summed E-state index contributed by atoms with van der Waals surface area (Å²) in [6.07, 6.45) is 2.63. The topological polar surface area (TPSA) is 49.3 Å². The van der Waals surface area contributed by atoms with Crippen molar-refractivity contribution in [1.82, 2.24) is 5.32 Å². The number of aliphatic carboxylic acids is 1. The quantitative estimate of drug-likeness (QED) is 0.805. The summed E-state index contributed by atoms with van der Waals surface area (Å²) in [5.41, 5.74) is 2.72. The fourth-order valence-electron chi connectivity index (χ4n) is 3.33. The Morgan fingerprint density at radius 3 is 2.61 bits per heavy atom. The molecule has 0 saturated carbocycles. The first kappa shape index (κ1) is 18.0. The minimum atomic E-state index is -0.661. The van der Waals surface area contributed by atoms with Gasteiger partial charge in [0.2, 0.25) is 0 Å². The van der Waals surface area contributed by atoms with E-state index in [0.717, 1.165) is 31.5 Å². The van der Waals surface area contributed by atoms with Gasteiger partial charge in [-0.1, -0.05) is 52.0 Å². The van der Waals surface area contributed by atoms with E-state index in [1.165, 1.54) is 5.56 Å². The van der Waals surface area contributed by atoms with Crippen molar-refractivity contribution >= 4 is 5.97 Å². The van der Waals surface area contributed by atoms with Crippen molar-refractivity contribution in [1.29, 1.82) is 0 Å². The molecule has 0 aromatic heterocycles. The van der Waals surface area contributed by atoms with Gasteiger partial charge in [0, 0.05) is 0 Å². The van der Waals surface area contributed by atoms with Gasteiger partial charge < -0.3 is 10.4 Å². The van der Waals surface area contributed by atoms with Crippen LogP contribution in [-0.2, 0) is 17.6 Å². The Morgan fingerprint density at radius 2 is 2.04 bits per heavy atom. The van der Waals surface area contributed by atoms with Crippen LogP contribution in [0.25, 0.3) is 0 Å². The highest BCUT2D eigenvalue weighted by Gasteiger charge is 2.30. The highest BCUT2D eigenvalue weighted by molar-refractivity contribution is 5.71. The molecule has 2 rings (SSSR count). The third-order valence-electron chi connectivity index (χ3n) is 5.65. The third-order valence-corrected chi connectivity index (χ3v) is 5.65. The van der Waals surface area contributed by atoms with Crippen molar-refractivity contribution < 1.29 is 9.90 Å². The number of nitrogens with one attached hydrogen (secondary N) is 1. The van der Waals surface area contributed by atoms with E-state index in [1.807, 2.05) is 0 Å².